The molecule has 0 N–H and O–H groups in total. The van der Waals surface area contributed by atoms with E-state index in [9.17, 15) is 14.0 Å². The van der Waals surface area contributed by atoms with Gasteiger partial charge in [0.15, 0.2) is 5.82 Å². The summed E-state index contributed by atoms with van der Waals surface area (Å²) in [6.07, 6.45) is -1.93. The number of rotatable bonds is 3. The van der Waals surface area contributed by atoms with E-state index in [1.807, 2.05) is 0 Å². The summed E-state index contributed by atoms with van der Waals surface area (Å²) >= 11 is 0. The quantitative estimate of drug-likeness (QED) is 0.650. The standard InChI is InChI=1S/C21H25FN4O4/c1-20(2,3)29-18(27)25(19(28)30-21(4,5)6)17-12-15(13-23-7)24-26(17)16-10-8-14(22)9-11-16/h8-12H,13H2,1-6H3. The highest BCUT2D eigenvalue weighted by atomic mass is 19.1. The van der Waals surface area contributed by atoms with Crippen molar-refractivity contribution in [2.75, 3.05) is 4.90 Å². The number of aromatic nitrogens is 2. The van der Waals surface area contributed by atoms with Gasteiger partial charge in [-0.1, -0.05) is 0 Å². The first kappa shape index (κ1) is 22.9. The number of amides is 2. The molecule has 2 amide bonds. The van der Waals surface area contributed by atoms with Crippen LogP contribution in [0.25, 0.3) is 10.5 Å². The number of anilines is 1. The van der Waals surface area contributed by atoms with E-state index < -0.39 is 29.2 Å². The molecular formula is C21H25FN4O4. The van der Waals surface area contributed by atoms with Gasteiger partial charge in [0.1, 0.15) is 22.7 Å². The minimum Gasteiger partial charge on any atom is -0.443 e. The fourth-order valence-electron chi connectivity index (χ4n) is 2.39. The normalized spacial score (nSPS) is 11.5. The Morgan fingerprint density at radius 2 is 1.57 bits per heavy atom. The number of nitrogens with zero attached hydrogens (tertiary/aromatic N) is 4. The van der Waals surface area contributed by atoms with Gasteiger partial charge in [-0.2, -0.15) is 10.00 Å². The molecule has 9 heteroatoms. The van der Waals surface area contributed by atoms with Gasteiger partial charge in [-0.3, -0.25) is 0 Å². The molecule has 0 radical (unpaired) electrons. The van der Waals surface area contributed by atoms with Gasteiger partial charge in [0, 0.05) is 6.07 Å². The van der Waals surface area contributed by atoms with E-state index in [1.165, 1.54) is 35.0 Å². The number of imide groups is 1. The van der Waals surface area contributed by atoms with Crippen LogP contribution in [-0.2, 0) is 16.0 Å². The molecule has 1 heterocycles. The van der Waals surface area contributed by atoms with Crippen LogP contribution in [0.1, 0.15) is 47.2 Å². The predicted octanol–water partition coefficient (Wildman–Crippen LogP) is 5.11. The molecule has 1 aromatic carbocycles. The molecule has 30 heavy (non-hydrogen) atoms. The van der Waals surface area contributed by atoms with E-state index in [1.54, 1.807) is 41.5 Å². The van der Waals surface area contributed by atoms with Gasteiger partial charge in [-0.05, 0) is 65.8 Å². The van der Waals surface area contributed by atoms with Crippen molar-refractivity contribution in [3.05, 3.63) is 53.3 Å². The van der Waals surface area contributed by atoms with Crippen molar-refractivity contribution in [1.82, 2.24) is 9.78 Å². The topological polar surface area (TPSA) is 78.0 Å². The SMILES string of the molecule is [C-]#[N+]Cc1cc(N(C(=O)OC(C)(C)C)C(=O)OC(C)(C)C)n(-c2ccc(F)cc2)n1. The van der Waals surface area contributed by atoms with Gasteiger partial charge in [0.25, 0.3) is 6.54 Å². The van der Waals surface area contributed by atoms with Crippen LogP contribution in [0.2, 0.25) is 0 Å². The Bertz CT molecular complexity index is 935. The number of carbonyl (C=O) groups is 2. The highest BCUT2D eigenvalue weighted by Gasteiger charge is 2.35. The molecule has 0 aliphatic heterocycles. The van der Waals surface area contributed by atoms with Crippen LogP contribution < -0.4 is 4.90 Å². The fraction of sp³-hybridized carbons (Fsp3) is 0.429. The second kappa shape index (κ2) is 8.53. The molecule has 0 aliphatic carbocycles. The van der Waals surface area contributed by atoms with Gasteiger partial charge in [0.2, 0.25) is 0 Å². The number of ether oxygens (including phenoxy) is 2. The van der Waals surface area contributed by atoms with E-state index in [0.717, 1.165) is 4.90 Å². The Morgan fingerprint density at radius 3 is 2.00 bits per heavy atom. The van der Waals surface area contributed by atoms with Crippen LogP contribution in [0.3, 0.4) is 0 Å². The van der Waals surface area contributed by atoms with Crippen LogP contribution in [0.4, 0.5) is 19.8 Å². The molecule has 0 saturated carbocycles. The van der Waals surface area contributed by atoms with Gasteiger partial charge in [-0.15, -0.1) is 0 Å². The van der Waals surface area contributed by atoms with Crippen molar-refractivity contribution in [3.8, 4) is 5.69 Å². The summed E-state index contributed by atoms with van der Waals surface area (Å²) < 4.78 is 25.4. The third-order valence-electron chi connectivity index (χ3n) is 3.43. The Labute approximate surface area is 175 Å². The van der Waals surface area contributed by atoms with Crippen molar-refractivity contribution in [3.63, 3.8) is 0 Å². The smallest absolute Gasteiger partial charge is 0.425 e. The average molecular weight is 416 g/mol. The molecule has 0 atom stereocenters. The average Bonchev–Trinajstić information content (AvgIpc) is 2.96. The summed E-state index contributed by atoms with van der Waals surface area (Å²) in [5, 5.41) is 4.30. The summed E-state index contributed by atoms with van der Waals surface area (Å²) in [6, 6.07) is 6.75. The summed E-state index contributed by atoms with van der Waals surface area (Å²) in [5.41, 5.74) is -1.05. The van der Waals surface area contributed by atoms with Gasteiger partial charge < -0.3 is 14.3 Å². The summed E-state index contributed by atoms with van der Waals surface area (Å²) in [5.74, 6) is -0.436. The van der Waals surface area contributed by atoms with Crippen LogP contribution in [-0.4, -0.2) is 33.2 Å². The molecule has 2 aromatic rings. The zero-order valence-corrected chi connectivity index (χ0v) is 17.9. The second-order valence-electron chi connectivity index (χ2n) is 8.49. The first-order valence-electron chi connectivity index (χ1n) is 9.25. The molecular weight excluding hydrogens is 391 g/mol. The summed E-state index contributed by atoms with van der Waals surface area (Å²) in [6.45, 7) is 17.0. The summed E-state index contributed by atoms with van der Waals surface area (Å²) in [4.78, 5) is 29.9. The Morgan fingerprint density at radius 1 is 1.07 bits per heavy atom. The highest BCUT2D eigenvalue weighted by molar-refractivity contribution is 6.09. The zero-order valence-electron chi connectivity index (χ0n) is 17.9. The number of hydrogen-bond acceptors (Lipinski definition) is 5. The first-order valence-corrected chi connectivity index (χ1v) is 9.25. The zero-order chi connectivity index (χ0) is 22.7. The third-order valence-corrected chi connectivity index (χ3v) is 3.43. The monoisotopic (exact) mass is 416 g/mol. The number of benzene rings is 1. The van der Waals surface area contributed by atoms with Crippen molar-refractivity contribution >= 4 is 18.0 Å². The molecule has 8 nitrogen and oxygen atoms in total. The molecule has 0 unspecified atom stereocenters. The van der Waals surface area contributed by atoms with E-state index in [-0.39, 0.29) is 12.4 Å². The number of halogens is 1. The van der Waals surface area contributed by atoms with Gasteiger partial charge in [0.05, 0.1) is 5.69 Å². The van der Waals surface area contributed by atoms with Crippen LogP contribution in [0.15, 0.2) is 30.3 Å². The highest BCUT2D eigenvalue weighted by Crippen LogP contribution is 2.26. The maximum atomic E-state index is 13.4. The van der Waals surface area contributed by atoms with E-state index in [4.69, 9.17) is 16.0 Å². The minimum atomic E-state index is -0.964. The van der Waals surface area contributed by atoms with Crippen molar-refractivity contribution in [2.45, 2.75) is 59.3 Å². The molecule has 160 valence electrons. The first-order chi connectivity index (χ1) is 13.8. The maximum Gasteiger partial charge on any atom is 0.425 e. The third kappa shape index (κ3) is 6.04. The summed E-state index contributed by atoms with van der Waals surface area (Å²) in [7, 11) is 0. The molecule has 0 fully saturated rings. The Kier molecular flexibility index (Phi) is 6.50. The van der Waals surface area contributed by atoms with E-state index in [2.05, 4.69) is 9.94 Å². The lowest BCUT2D eigenvalue weighted by atomic mass is 10.2. The van der Waals surface area contributed by atoms with Crippen molar-refractivity contribution < 1.29 is 23.5 Å². The molecule has 0 saturated heterocycles. The molecule has 0 aliphatic rings. The largest absolute Gasteiger partial charge is 0.443 e. The second-order valence-corrected chi connectivity index (χ2v) is 8.49. The predicted molar refractivity (Wildman–Crippen MR) is 109 cm³/mol. The molecule has 0 bridgehead atoms. The fourth-order valence-corrected chi connectivity index (χ4v) is 2.39. The lowest BCUT2D eigenvalue weighted by Gasteiger charge is -2.28. The number of hydrogen-bond donors (Lipinski definition) is 0. The van der Waals surface area contributed by atoms with Crippen LogP contribution in [0, 0.1) is 12.4 Å². The van der Waals surface area contributed by atoms with Crippen LogP contribution in [0.5, 0.6) is 0 Å². The Balaban J connectivity index is 2.63. The van der Waals surface area contributed by atoms with Crippen LogP contribution >= 0.6 is 0 Å². The van der Waals surface area contributed by atoms with Gasteiger partial charge >= 0.3 is 12.2 Å². The molecule has 1 aromatic heterocycles. The maximum absolute atomic E-state index is 13.4. The van der Waals surface area contributed by atoms with E-state index in [0.29, 0.717) is 11.4 Å². The van der Waals surface area contributed by atoms with Gasteiger partial charge in [-0.25, -0.2) is 25.2 Å². The van der Waals surface area contributed by atoms with Crippen molar-refractivity contribution in [1.29, 1.82) is 0 Å². The molecule has 2 rings (SSSR count). The lowest BCUT2D eigenvalue weighted by Crippen LogP contribution is -2.44. The number of carbonyl (C=O) groups excluding carboxylic acids is 2. The molecule has 0 spiro atoms. The van der Waals surface area contributed by atoms with Crippen molar-refractivity contribution in [2.24, 2.45) is 0 Å². The minimum absolute atomic E-state index is 0.0174. The van der Waals surface area contributed by atoms with E-state index >= 15 is 0 Å². The Hall–Kier alpha value is -3.41. The lowest BCUT2D eigenvalue weighted by molar-refractivity contribution is 0.0428.